The zero-order chi connectivity index (χ0) is 17.0. The average Bonchev–Trinajstić information content (AvgIpc) is 2.53. The van der Waals surface area contributed by atoms with E-state index in [1.807, 2.05) is 36.3 Å². The molecule has 0 fully saturated rings. The molecular formula is C16H14Cl3NO3. The predicted molar refractivity (Wildman–Crippen MR) is 93.7 cm³/mol. The molecule has 0 aromatic heterocycles. The van der Waals surface area contributed by atoms with Gasteiger partial charge in [-0.15, -0.1) is 0 Å². The molecule has 0 spiro atoms. The van der Waals surface area contributed by atoms with Crippen LogP contribution < -0.4 is 9.64 Å². The van der Waals surface area contributed by atoms with Crippen molar-refractivity contribution in [2.75, 3.05) is 11.9 Å². The number of ether oxygens (including phenoxy) is 1. The number of benzene rings is 2. The minimum atomic E-state index is -0.148. The van der Waals surface area contributed by atoms with Gasteiger partial charge < -0.3 is 19.8 Å². The first-order chi connectivity index (χ1) is 10.9. The third kappa shape index (κ3) is 4.45. The van der Waals surface area contributed by atoms with Gasteiger partial charge in [-0.25, -0.2) is 0 Å². The Balaban J connectivity index is 0.000000168. The fraction of sp³-hybridized carbons (Fsp3) is 0.125. The van der Waals surface area contributed by atoms with Crippen LogP contribution in [0.25, 0.3) is 0 Å². The SMILES string of the molecule is CN1C=COc2ccc(Cl)cc21.OCc1cc(Cl)c(O)c(Cl)c1. The molecule has 1 heterocycles. The van der Waals surface area contributed by atoms with Crippen LogP contribution in [0, 0.1) is 0 Å². The Morgan fingerprint density at radius 1 is 1.09 bits per heavy atom. The van der Waals surface area contributed by atoms with Crippen molar-refractivity contribution in [3.63, 3.8) is 0 Å². The maximum Gasteiger partial charge on any atom is 0.152 e. The number of fused-ring (bicyclic) bond motifs is 1. The molecule has 2 N–H and O–H groups in total. The minimum Gasteiger partial charge on any atom is -0.505 e. The fourth-order valence-electron chi connectivity index (χ4n) is 1.85. The molecule has 0 atom stereocenters. The maximum atomic E-state index is 9.08. The molecule has 7 heteroatoms. The summed E-state index contributed by atoms with van der Waals surface area (Å²) in [6, 6.07) is 8.47. The van der Waals surface area contributed by atoms with E-state index in [9.17, 15) is 0 Å². The van der Waals surface area contributed by atoms with Crippen molar-refractivity contribution in [1.29, 1.82) is 0 Å². The van der Waals surface area contributed by atoms with Gasteiger partial charge in [0.2, 0.25) is 0 Å². The Morgan fingerprint density at radius 2 is 1.74 bits per heavy atom. The number of anilines is 1. The molecule has 0 unspecified atom stereocenters. The van der Waals surface area contributed by atoms with E-state index in [0.29, 0.717) is 5.56 Å². The van der Waals surface area contributed by atoms with E-state index in [0.717, 1.165) is 16.5 Å². The minimum absolute atomic E-state index is 0.139. The maximum absolute atomic E-state index is 9.08. The third-order valence-corrected chi connectivity index (χ3v) is 3.85. The lowest BCUT2D eigenvalue weighted by Crippen LogP contribution is -2.13. The van der Waals surface area contributed by atoms with Gasteiger partial charge in [0.05, 0.1) is 22.3 Å². The van der Waals surface area contributed by atoms with Crippen LogP contribution in [0.2, 0.25) is 15.1 Å². The van der Waals surface area contributed by atoms with E-state index < -0.39 is 0 Å². The summed E-state index contributed by atoms with van der Waals surface area (Å²) in [4.78, 5) is 1.96. The highest BCUT2D eigenvalue weighted by molar-refractivity contribution is 6.37. The highest BCUT2D eigenvalue weighted by Gasteiger charge is 2.10. The normalized spacial score (nSPS) is 12.1. The number of phenols is 1. The van der Waals surface area contributed by atoms with Crippen LogP contribution in [-0.2, 0) is 6.61 Å². The molecule has 3 rings (SSSR count). The van der Waals surface area contributed by atoms with E-state index in [4.69, 9.17) is 49.8 Å². The number of aliphatic hydroxyl groups is 1. The second-order valence-electron chi connectivity index (χ2n) is 4.69. The van der Waals surface area contributed by atoms with Crippen molar-refractivity contribution in [2.24, 2.45) is 0 Å². The van der Waals surface area contributed by atoms with Crippen molar-refractivity contribution in [3.05, 3.63) is 63.4 Å². The molecule has 23 heavy (non-hydrogen) atoms. The summed E-state index contributed by atoms with van der Waals surface area (Å²) in [6.45, 7) is -0.139. The number of nitrogens with zero attached hydrogens (tertiary/aromatic N) is 1. The molecule has 2 aromatic carbocycles. The number of aromatic hydroxyl groups is 1. The van der Waals surface area contributed by atoms with Gasteiger partial charge >= 0.3 is 0 Å². The van der Waals surface area contributed by atoms with E-state index in [1.54, 1.807) is 6.26 Å². The summed E-state index contributed by atoms with van der Waals surface area (Å²) in [5.74, 6) is 0.690. The van der Waals surface area contributed by atoms with Gasteiger partial charge in [-0.05, 0) is 35.9 Å². The second-order valence-corrected chi connectivity index (χ2v) is 5.94. The van der Waals surface area contributed by atoms with Crippen LogP contribution in [0.1, 0.15) is 5.56 Å². The Bertz CT molecular complexity index is 712. The Hall–Kier alpha value is -1.59. The summed E-state index contributed by atoms with van der Waals surface area (Å²) in [7, 11) is 1.95. The Morgan fingerprint density at radius 3 is 2.35 bits per heavy atom. The molecular weight excluding hydrogens is 361 g/mol. The van der Waals surface area contributed by atoms with Gasteiger partial charge in [-0.3, -0.25) is 0 Å². The van der Waals surface area contributed by atoms with Gasteiger partial charge in [0.25, 0.3) is 0 Å². The molecule has 0 saturated carbocycles. The molecule has 0 bridgehead atoms. The number of rotatable bonds is 1. The standard InChI is InChI=1S/C9H8ClNO.C7H6Cl2O2/c1-11-4-5-12-9-3-2-7(10)6-8(9)11;8-5-1-4(3-10)2-6(9)7(5)11/h2-6H,1H3;1-2,10-11H,3H2. The highest BCUT2D eigenvalue weighted by atomic mass is 35.5. The predicted octanol–water partition coefficient (Wildman–Crippen LogP) is 4.83. The zero-order valence-corrected chi connectivity index (χ0v) is 14.4. The number of phenolic OH excluding ortho intramolecular Hbond substituents is 1. The summed E-state index contributed by atoms with van der Waals surface area (Å²) in [5, 5.41) is 18.8. The topological polar surface area (TPSA) is 52.9 Å². The smallest absolute Gasteiger partial charge is 0.152 e. The first kappa shape index (κ1) is 17.8. The van der Waals surface area contributed by atoms with Gasteiger partial charge in [0.1, 0.15) is 12.0 Å². The first-order valence-electron chi connectivity index (χ1n) is 6.56. The molecule has 4 nitrogen and oxygen atoms in total. The van der Waals surface area contributed by atoms with Crippen LogP contribution in [0.5, 0.6) is 11.5 Å². The van der Waals surface area contributed by atoms with Crippen molar-refractivity contribution >= 4 is 40.5 Å². The van der Waals surface area contributed by atoms with Crippen LogP contribution in [-0.4, -0.2) is 17.3 Å². The molecule has 122 valence electrons. The molecule has 0 saturated heterocycles. The largest absolute Gasteiger partial charge is 0.505 e. The van der Waals surface area contributed by atoms with E-state index in [-0.39, 0.29) is 22.4 Å². The molecule has 0 aliphatic carbocycles. The van der Waals surface area contributed by atoms with Crippen molar-refractivity contribution in [3.8, 4) is 11.5 Å². The Kier molecular flexibility index (Phi) is 6.02. The van der Waals surface area contributed by atoms with Crippen LogP contribution in [0.4, 0.5) is 5.69 Å². The molecule has 0 amide bonds. The average molecular weight is 375 g/mol. The van der Waals surface area contributed by atoms with Crippen LogP contribution >= 0.6 is 34.8 Å². The van der Waals surface area contributed by atoms with Gasteiger partial charge in [0.15, 0.2) is 5.75 Å². The molecule has 1 aliphatic heterocycles. The number of aliphatic hydroxyl groups excluding tert-OH is 1. The lowest BCUT2D eigenvalue weighted by Gasteiger charge is -2.21. The lowest BCUT2D eigenvalue weighted by molar-refractivity contribution is 0.281. The molecule has 2 aromatic rings. The van der Waals surface area contributed by atoms with Crippen LogP contribution in [0.3, 0.4) is 0 Å². The second kappa shape index (κ2) is 7.79. The van der Waals surface area contributed by atoms with Gasteiger partial charge in [0, 0.05) is 18.3 Å². The highest BCUT2D eigenvalue weighted by Crippen LogP contribution is 2.33. The summed E-state index contributed by atoms with van der Waals surface area (Å²) in [5.41, 5.74) is 1.57. The monoisotopic (exact) mass is 373 g/mol. The quantitative estimate of drug-likeness (QED) is 0.750. The van der Waals surface area contributed by atoms with E-state index in [2.05, 4.69) is 0 Å². The van der Waals surface area contributed by atoms with Crippen molar-refractivity contribution in [1.82, 2.24) is 0 Å². The van der Waals surface area contributed by atoms with E-state index in [1.165, 1.54) is 12.1 Å². The molecule has 0 radical (unpaired) electrons. The lowest BCUT2D eigenvalue weighted by atomic mass is 10.2. The fourth-order valence-corrected chi connectivity index (χ4v) is 2.55. The Labute approximate surface area is 149 Å². The first-order valence-corrected chi connectivity index (χ1v) is 7.69. The number of halogens is 3. The summed E-state index contributed by atoms with van der Waals surface area (Å²) in [6.07, 6.45) is 3.49. The summed E-state index contributed by atoms with van der Waals surface area (Å²) < 4.78 is 5.27. The van der Waals surface area contributed by atoms with Crippen molar-refractivity contribution < 1.29 is 14.9 Å². The summed E-state index contributed by atoms with van der Waals surface area (Å²) >= 11 is 16.9. The van der Waals surface area contributed by atoms with Crippen LogP contribution in [0.15, 0.2) is 42.8 Å². The van der Waals surface area contributed by atoms with Crippen molar-refractivity contribution in [2.45, 2.75) is 6.61 Å². The van der Waals surface area contributed by atoms with Gasteiger partial charge in [-0.1, -0.05) is 34.8 Å². The third-order valence-electron chi connectivity index (χ3n) is 3.04. The van der Waals surface area contributed by atoms with Gasteiger partial charge in [-0.2, -0.15) is 0 Å². The van der Waals surface area contributed by atoms with E-state index >= 15 is 0 Å². The number of hydrogen-bond donors (Lipinski definition) is 2. The zero-order valence-electron chi connectivity index (χ0n) is 12.1. The number of hydrogen-bond acceptors (Lipinski definition) is 4. The molecule has 1 aliphatic rings.